The van der Waals surface area contributed by atoms with Crippen molar-refractivity contribution in [2.45, 2.75) is 64.3 Å². The maximum atomic E-state index is 14.4. The molecule has 28 heavy (non-hydrogen) atoms. The zero-order chi connectivity index (χ0) is 20.5. The van der Waals surface area contributed by atoms with Gasteiger partial charge in [-0.2, -0.15) is 13.2 Å². The number of rotatable bonds is 3. The minimum absolute atomic E-state index is 0.0169. The van der Waals surface area contributed by atoms with Gasteiger partial charge in [0.25, 0.3) is 11.8 Å². The second-order valence-corrected chi connectivity index (χ2v) is 8.64. The van der Waals surface area contributed by atoms with E-state index in [1.165, 1.54) is 15.9 Å². The van der Waals surface area contributed by atoms with Crippen molar-refractivity contribution in [3.8, 4) is 0 Å². The molecule has 2 aliphatic heterocycles. The standard InChI is InChI=1S/C20H23F5N2O/c1-12(2)27-10-15-14(17(27)28)7-13(8-16(15)20(23,24)25)9-26-6-5-18(3-4-18)19(21,22)11-26/h7-8,12H,3-6,9-11H2,1-2H3. The maximum Gasteiger partial charge on any atom is 0.416 e. The Bertz CT molecular complexity index is 814. The number of alkyl halides is 5. The van der Waals surface area contributed by atoms with Crippen LogP contribution in [0.4, 0.5) is 22.0 Å². The van der Waals surface area contributed by atoms with Crippen molar-refractivity contribution in [1.29, 1.82) is 0 Å². The number of hydrogen-bond donors (Lipinski definition) is 0. The van der Waals surface area contributed by atoms with Crippen molar-refractivity contribution in [1.82, 2.24) is 9.80 Å². The van der Waals surface area contributed by atoms with E-state index in [4.69, 9.17) is 0 Å². The van der Waals surface area contributed by atoms with Gasteiger partial charge in [0.15, 0.2) is 0 Å². The summed E-state index contributed by atoms with van der Waals surface area (Å²) in [5.41, 5.74) is -1.45. The molecule has 1 aromatic carbocycles. The Morgan fingerprint density at radius 1 is 1.14 bits per heavy atom. The fourth-order valence-electron chi connectivity index (χ4n) is 4.49. The van der Waals surface area contributed by atoms with Gasteiger partial charge in [0.2, 0.25) is 0 Å². The van der Waals surface area contributed by atoms with E-state index in [1.54, 1.807) is 13.8 Å². The highest BCUT2D eigenvalue weighted by Gasteiger charge is 2.63. The summed E-state index contributed by atoms with van der Waals surface area (Å²) in [5.74, 6) is -3.25. The summed E-state index contributed by atoms with van der Waals surface area (Å²) >= 11 is 0. The first-order valence-electron chi connectivity index (χ1n) is 9.58. The topological polar surface area (TPSA) is 23.6 Å². The summed E-state index contributed by atoms with van der Waals surface area (Å²) in [4.78, 5) is 15.5. The molecule has 2 heterocycles. The molecule has 0 bridgehead atoms. The third-order valence-corrected chi connectivity index (χ3v) is 6.42. The van der Waals surface area contributed by atoms with Crippen LogP contribution in [0, 0.1) is 5.41 Å². The van der Waals surface area contributed by atoms with Crippen molar-refractivity contribution in [2.75, 3.05) is 13.1 Å². The van der Waals surface area contributed by atoms with Crippen LogP contribution in [0.1, 0.15) is 60.2 Å². The average Bonchev–Trinajstić information content (AvgIpc) is 3.29. The smallest absolute Gasteiger partial charge is 0.332 e. The van der Waals surface area contributed by atoms with Crippen LogP contribution in [0.2, 0.25) is 0 Å². The molecule has 4 rings (SSSR count). The van der Waals surface area contributed by atoms with Gasteiger partial charge in [0, 0.05) is 30.1 Å². The van der Waals surface area contributed by atoms with Crippen LogP contribution in [0.25, 0.3) is 0 Å². The first-order chi connectivity index (χ1) is 12.9. The molecule has 3 nitrogen and oxygen atoms in total. The molecular formula is C20H23F5N2O. The normalized spacial score (nSPS) is 23.6. The number of carbonyl (C=O) groups excluding carboxylic acids is 1. The number of likely N-dealkylation sites (tertiary alicyclic amines) is 1. The zero-order valence-electron chi connectivity index (χ0n) is 15.9. The van der Waals surface area contributed by atoms with E-state index < -0.39 is 35.5 Å². The third kappa shape index (κ3) is 3.09. The van der Waals surface area contributed by atoms with Crippen molar-refractivity contribution in [3.05, 3.63) is 34.4 Å². The third-order valence-electron chi connectivity index (χ3n) is 6.42. The Kier molecular flexibility index (Phi) is 4.30. The molecule has 1 saturated carbocycles. The lowest BCUT2D eigenvalue weighted by Gasteiger charge is -2.39. The Hall–Kier alpha value is -1.70. The fourth-order valence-corrected chi connectivity index (χ4v) is 4.49. The van der Waals surface area contributed by atoms with Crippen LogP contribution in [0.15, 0.2) is 12.1 Å². The van der Waals surface area contributed by atoms with Gasteiger partial charge in [0.1, 0.15) is 0 Å². The molecule has 8 heteroatoms. The molecule has 0 aromatic heterocycles. The van der Waals surface area contributed by atoms with Gasteiger partial charge in [0.05, 0.1) is 12.1 Å². The molecule has 2 fully saturated rings. The van der Waals surface area contributed by atoms with Crippen molar-refractivity contribution in [2.24, 2.45) is 5.41 Å². The number of hydrogen-bond acceptors (Lipinski definition) is 2. The molecule has 1 amide bonds. The summed E-state index contributed by atoms with van der Waals surface area (Å²) in [5, 5.41) is 0. The molecule has 0 radical (unpaired) electrons. The Balaban J connectivity index is 1.63. The SMILES string of the molecule is CC(C)N1Cc2c(cc(CN3CCC4(CC4)C(F)(F)C3)cc2C(F)(F)F)C1=O. The van der Waals surface area contributed by atoms with Gasteiger partial charge in [-0.05, 0) is 62.9 Å². The number of benzene rings is 1. The first-order valence-corrected chi connectivity index (χ1v) is 9.58. The van der Waals surface area contributed by atoms with Crippen LogP contribution in [0.5, 0.6) is 0 Å². The predicted octanol–water partition coefficient (Wildman–Crippen LogP) is 4.69. The van der Waals surface area contributed by atoms with Crippen LogP contribution in [-0.2, 0) is 19.3 Å². The summed E-state index contributed by atoms with van der Waals surface area (Å²) in [7, 11) is 0. The number of amides is 1. The van der Waals surface area contributed by atoms with Crippen LogP contribution in [0.3, 0.4) is 0 Å². The molecule has 0 N–H and O–H groups in total. The van der Waals surface area contributed by atoms with Gasteiger partial charge in [-0.1, -0.05) is 0 Å². The molecule has 0 unspecified atom stereocenters. The Labute approximate surface area is 160 Å². The number of piperidine rings is 1. The van der Waals surface area contributed by atoms with Gasteiger partial charge in [-0.15, -0.1) is 0 Å². The van der Waals surface area contributed by atoms with E-state index in [0.717, 1.165) is 6.07 Å². The molecule has 3 aliphatic rings. The summed E-state index contributed by atoms with van der Waals surface area (Å²) in [6.07, 6.45) is -3.21. The van der Waals surface area contributed by atoms with E-state index in [9.17, 15) is 26.7 Å². The minimum Gasteiger partial charge on any atom is -0.332 e. The van der Waals surface area contributed by atoms with E-state index in [2.05, 4.69) is 0 Å². The van der Waals surface area contributed by atoms with E-state index in [0.29, 0.717) is 25.8 Å². The molecule has 1 aromatic rings. The highest BCUT2D eigenvalue weighted by Crippen LogP contribution is 2.61. The fraction of sp³-hybridized carbons (Fsp3) is 0.650. The van der Waals surface area contributed by atoms with Crippen LogP contribution >= 0.6 is 0 Å². The predicted molar refractivity (Wildman–Crippen MR) is 93.0 cm³/mol. The highest BCUT2D eigenvalue weighted by atomic mass is 19.4. The molecule has 154 valence electrons. The number of halogens is 5. The highest BCUT2D eigenvalue weighted by molar-refractivity contribution is 5.99. The van der Waals surface area contributed by atoms with Gasteiger partial charge >= 0.3 is 6.18 Å². The summed E-state index contributed by atoms with van der Waals surface area (Å²) < 4.78 is 69.7. The van der Waals surface area contributed by atoms with Gasteiger partial charge in [-0.25, -0.2) is 8.78 Å². The van der Waals surface area contributed by atoms with Gasteiger partial charge < -0.3 is 4.90 Å². The summed E-state index contributed by atoms with van der Waals surface area (Å²) in [6.45, 7) is 3.39. The van der Waals surface area contributed by atoms with Gasteiger partial charge in [-0.3, -0.25) is 9.69 Å². The van der Waals surface area contributed by atoms with Crippen molar-refractivity contribution >= 4 is 5.91 Å². The number of nitrogens with zero attached hydrogens (tertiary/aromatic N) is 2. The van der Waals surface area contributed by atoms with Crippen molar-refractivity contribution < 1.29 is 26.7 Å². The number of carbonyl (C=O) groups is 1. The number of fused-ring (bicyclic) bond motifs is 1. The average molecular weight is 402 g/mol. The van der Waals surface area contributed by atoms with Crippen LogP contribution < -0.4 is 0 Å². The quantitative estimate of drug-likeness (QED) is 0.685. The second-order valence-electron chi connectivity index (χ2n) is 8.64. The molecule has 1 spiro atoms. The molecule has 0 atom stereocenters. The second kappa shape index (κ2) is 6.15. The lowest BCUT2D eigenvalue weighted by molar-refractivity contribution is -0.138. The summed E-state index contributed by atoms with van der Waals surface area (Å²) in [6, 6.07) is 2.25. The van der Waals surface area contributed by atoms with E-state index in [1.807, 2.05) is 0 Å². The van der Waals surface area contributed by atoms with Crippen LogP contribution in [-0.4, -0.2) is 40.8 Å². The van der Waals surface area contributed by atoms with Crippen molar-refractivity contribution in [3.63, 3.8) is 0 Å². The largest absolute Gasteiger partial charge is 0.416 e. The first kappa shape index (κ1) is 19.6. The molecular weight excluding hydrogens is 379 g/mol. The lowest BCUT2D eigenvalue weighted by atomic mass is 9.89. The lowest BCUT2D eigenvalue weighted by Crippen LogP contribution is -2.49. The Morgan fingerprint density at radius 2 is 1.82 bits per heavy atom. The molecule has 1 saturated heterocycles. The zero-order valence-corrected chi connectivity index (χ0v) is 15.9. The minimum atomic E-state index is -4.60. The van der Waals surface area contributed by atoms with E-state index in [-0.39, 0.29) is 35.8 Å². The Morgan fingerprint density at radius 3 is 2.36 bits per heavy atom. The monoisotopic (exact) mass is 402 g/mol. The van der Waals surface area contributed by atoms with E-state index >= 15 is 0 Å². The maximum absolute atomic E-state index is 14.4. The molecule has 1 aliphatic carbocycles.